The van der Waals surface area contributed by atoms with Crippen LogP contribution in [0.25, 0.3) is 0 Å². The fourth-order valence-electron chi connectivity index (χ4n) is 2.72. The number of amides is 2. The summed E-state index contributed by atoms with van der Waals surface area (Å²) in [5, 5.41) is 2.70. The molecule has 0 aromatic heterocycles. The molecule has 108 valence electrons. The lowest BCUT2D eigenvalue weighted by atomic mass is 10.0. The second-order valence-corrected chi connectivity index (χ2v) is 7.56. The summed E-state index contributed by atoms with van der Waals surface area (Å²) in [6.07, 6.45) is 2.34. The van der Waals surface area contributed by atoms with Crippen LogP contribution in [-0.4, -0.2) is 55.3 Å². The van der Waals surface area contributed by atoms with Gasteiger partial charge < -0.3 is 10.2 Å². The van der Waals surface area contributed by atoms with Crippen LogP contribution in [0, 0.1) is 0 Å². The van der Waals surface area contributed by atoms with Crippen LogP contribution in [0.3, 0.4) is 0 Å². The number of nitrogens with one attached hydrogen (secondary N) is 1. The van der Waals surface area contributed by atoms with Crippen molar-refractivity contribution in [1.82, 2.24) is 10.2 Å². The molecule has 2 heterocycles. The van der Waals surface area contributed by atoms with E-state index in [1.165, 1.54) is 0 Å². The average Bonchev–Trinajstić information content (AvgIpc) is 2.34. The summed E-state index contributed by atoms with van der Waals surface area (Å²) in [5.74, 6) is 0.0143. The number of rotatable bonds is 3. The van der Waals surface area contributed by atoms with E-state index >= 15 is 0 Å². The Balaban J connectivity index is 2.06. The van der Waals surface area contributed by atoms with Crippen molar-refractivity contribution in [3.63, 3.8) is 0 Å². The van der Waals surface area contributed by atoms with Crippen LogP contribution in [0.2, 0.25) is 0 Å². The second-order valence-electron chi connectivity index (χ2n) is 5.26. The SMILES string of the molecule is CCCC1NC(=O)CN(C2CCS(=O)(=O)CC2)C1=O. The predicted octanol–water partition coefficient (Wildman–Crippen LogP) is -0.309. The van der Waals surface area contributed by atoms with Crippen LogP contribution < -0.4 is 5.32 Å². The number of hydrogen-bond donors (Lipinski definition) is 1. The summed E-state index contributed by atoms with van der Waals surface area (Å²) in [4.78, 5) is 25.5. The van der Waals surface area contributed by atoms with Gasteiger partial charge in [-0.3, -0.25) is 9.59 Å². The molecule has 2 amide bonds. The first-order valence-corrected chi connectivity index (χ1v) is 8.55. The minimum absolute atomic E-state index is 0.0593. The Labute approximate surface area is 113 Å². The number of hydrogen-bond acceptors (Lipinski definition) is 4. The van der Waals surface area contributed by atoms with Gasteiger partial charge in [-0.05, 0) is 19.3 Å². The summed E-state index contributed by atoms with van der Waals surface area (Å²) in [5.41, 5.74) is 0. The Hall–Kier alpha value is -1.11. The molecule has 0 spiro atoms. The molecule has 0 radical (unpaired) electrons. The Bertz CT molecular complexity index is 460. The van der Waals surface area contributed by atoms with Gasteiger partial charge in [0.15, 0.2) is 0 Å². The van der Waals surface area contributed by atoms with E-state index < -0.39 is 15.9 Å². The molecule has 0 aliphatic carbocycles. The normalized spacial score (nSPS) is 28.3. The molecule has 0 aromatic carbocycles. The molecule has 1 atom stereocenters. The number of piperazine rings is 1. The van der Waals surface area contributed by atoms with Crippen molar-refractivity contribution in [1.29, 1.82) is 0 Å². The monoisotopic (exact) mass is 288 g/mol. The van der Waals surface area contributed by atoms with E-state index in [1.54, 1.807) is 4.90 Å². The van der Waals surface area contributed by atoms with Crippen molar-refractivity contribution in [2.24, 2.45) is 0 Å². The van der Waals surface area contributed by atoms with Gasteiger partial charge in [0.2, 0.25) is 11.8 Å². The van der Waals surface area contributed by atoms with Crippen LogP contribution in [0.1, 0.15) is 32.6 Å². The largest absolute Gasteiger partial charge is 0.343 e. The third kappa shape index (κ3) is 3.26. The third-order valence-electron chi connectivity index (χ3n) is 3.77. The van der Waals surface area contributed by atoms with Gasteiger partial charge in [-0.1, -0.05) is 13.3 Å². The maximum Gasteiger partial charge on any atom is 0.245 e. The Morgan fingerprint density at radius 2 is 1.89 bits per heavy atom. The molecule has 1 N–H and O–H groups in total. The van der Waals surface area contributed by atoms with Crippen molar-refractivity contribution in [3.8, 4) is 0 Å². The summed E-state index contributed by atoms with van der Waals surface area (Å²) in [6, 6.07) is -0.550. The average molecular weight is 288 g/mol. The lowest BCUT2D eigenvalue weighted by Gasteiger charge is -2.39. The van der Waals surface area contributed by atoms with Gasteiger partial charge in [-0.15, -0.1) is 0 Å². The minimum Gasteiger partial charge on any atom is -0.343 e. The van der Waals surface area contributed by atoms with Crippen molar-refractivity contribution < 1.29 is 18.0 Å². The Morgan fingerprint density at radius 3 is 2.47 bits per heavy atom. The maximum atomic E-state index is 12.3. The number of carbonyl (C=O) groups excluding carboxylic acids is 2. The molecule has 2 rings (SSSR count). The molecular weight excluding hydrogens is 268 g/mol. The standard InChI is InChI=1S/C12H20N2O4S/c1-2-3-10-12(16)14(8-11(15)13-10)9-4-6-19(17,18)7-5-9/h9-10H,2-8H2,1H3,(H,13,15). The molecule has 19 heavy (non-hydrogen) atoms. The van der Waals surface area contributed by atoms with Gasteiger partial charge in [0.1, 0.15) is 15.9 Å². The molecule has 2 saturated heterocycles. The lowest BCUT2D eigenvalue weighted by molar-refractivity contribution is -0.147. The highest BCUT2D eigenvalue weighted by Crippen LogP contribution is 2.21. The van der Waals surface area contributed by atoms with E-state index in [9.17, 15) is 18.0 Å². The van der Waals surface area contributed by atoms with Crippen molar-refractivity contribution in [3.05, 3.63) is 0 Å². The molecule has 0 aromatic rings. The van der Waals surface area contributed by atoms with E-state index in [1.807, 2.05) is 6.92 Å². The molecule has 6 nitrogen and oxygen atoms in total. The molecule has 1 unspecified atom stereocenters. The summed E-state index contributed by atoms with van der Waals surface area (Å²) < 4.78 is 22.8. The molecule has 0 saturated carbocycles. The van der Waals surface area contributed by atoms with E-state index in [2.05, 4.69) is 5.32 Å². The van der Waals surface area contributed by atoms with E-state index in [4.69, 9.17) is 0 Å². The predicted molar refractivity (Wildman–Crippen MR) is 70.2 cm³/mol. The van der Waals surface area contributed by atoms with Crippen LogP contribution in [0.5, 0.6) is 0 Å². The van der Waals surface area contributed by atoms with Gasteiger partial charge in [0.25, 0.3) is 0 Å². The smallest absolute Gasteiger partial charge is 0.245 e. The second kappa shape index (κ2) is 5.48. The van der Waals surface area contributed by atoms with Crippen molar-refractivity contribution in [2.75, 3.05) is 18.1 Å². The van der Waals surface area contributed by atoms with Crippen LogP contribution in [0.15, 0.2) is 0 Å². The number of sulfone groups is 1. The molecule has 2 aliphatic heterocycles. The minimum atomic E-state index is -2.95. The molecule has 7 heteroatoms. The fraction of sp³-hybridized carbons (Fsp3) is 0.833. The topological polar surface area (TPSA) is 83.6 Å². The first-order valence-electron chi connectivity index (χ1n) is 6.73. The third-order valence-corrected chi connectivity index (χ3v) is 5.49. The first kappa shape index (κ1) is 14.3. The van der Waals surface area contributed by atoms with Crippen LogP contribution >= 0.6 is 0 Å². The molecular formula is C12H20N2O4S. The highest BCUT2D eigenvalue weighted by atomic mass is 32.2. The zero-order chi connectivity index (χ0) is 14.0. The molecule has 2 fully saturated rings. The number of nitrogens with zero attached hydrogens (tertiary/aromatic N) is 1. The Morgan fingerprint density at radius 1 is 1.26 bits per heavy atom. The van der Waals surface area contributed by atoms with E-state index in [-0.39, 0.29) is 35.9 Å². The van der Waals surface area contributed by atoms with Crippen LogP contribution in [0.4, 0.5) is 0 Å². The van der Waals surface area contributed by atoms with Crippen molar-refractivity contribution >= 4 is 21.7 Å². The lowest BCUT2D eigenvalue weighted by Crippen LogP contribution is -2.61. The van der Waals surface area contributed by atoms with Gasteiger partial charge in [-0.2, -0.15) is 0 Å². The zero-order valence-electron chi connectivity index (χ0n) is 11.1. The van der Waals surface area contributed by atoms with E-state index in [0.717, 1.165) is 6.42 Å². The maximum absolute atomic E-state index is 12.3. The molecule has 0 bridgehead atoms. The zero-order valence-corrected chi connectivity index (χ0v) is 11.9. The number of carbonyl (C=O) groups is 2. The summed E-state index contributed by atoms with van der Waals surface area (Å²) >= 11 is 0. The van der Waals surface area contributed by atoms with Gasteiger partial charge in [0.05, 0.1) is 18.1 Å². The molecule has 2 aliphatic rings. The summed E-state index contributed by atoms with van der Waals surface area (Å²) in [6.45, 7) is 2.02. The van der Waals surface area contributed by atoms with Crippen molar-refractivity contribution in [2.45, 2.75) is 44.7 Å². The van der Waals surface area contributed by atoms with Gasteiger partial charge >= 0.3 is 0 Å². The summed E-state index contributed by atoms with van der Waals surface area (Å²) in [7, 11) is -2.95. The Kier molecular flexibility index (Phi) is 4.13. The highest BCUT2D eigenvalue weighted by molar-refractivity contribution is 7.91. The first-order chi connectivity index (χ1) is 8.93. The van der Waals surface area contributed by atoms with Gasteiger partial charge in [-0.25, -0.2) is 8.42 Å². The highest BCUT2D eigenvalue weighted by Gasteiger charge is 2.38. The van der Waals surface area contributed by atoms with Gasteiger partial charge in [0, 0.05) is 6.04 Å². The quantitative estimate of drug-likeness (QED) is 0.772. The van der Waals surface area contributed by atoms with E-state index in [0.29, 0.717) is 19.3 Å². The van der Waals surface area contributed by atoms with Crippen LogP contribution in [-0.2, 0) is 19.4 Å². The fourth-order valence-corrected chi connectivity index (χ4v) is 4.18.